The van der Waals surface area contributed by atoms with Crippen molar-refractivity contribution in [1.82, 2.24) is 5.32 Å². The van der Waals surface area contributed by atoms with Crippen LogP contribution in [0.1, 0.15) is 40.4 Å². The molecule has 0 radical (unpaired) electrons. The zero-order valence-corrected chi connectivity index (χ0v) is 13.2. The third kappa shape index (κ3) is 2.95. The lowest BCUT2D eigenvalue weighted by Crippen LogP contribution is -2.31. The largest absolute Gasteiger partial charge is 0.399 e. The first kappa shape index (κ1) is 14.1. The highest BCUT2D eigenvalue weighted by atomic mass is 79.9. The maximum Gasteiger partial charge on any atom is 0.252 e. The fourth-order valence-electron chi connectivity index (χ4n) is 2.87. The Morgan fingerprint density at radius 1 is 1.24 bits per heavy atom. The number of carbonyl (C=O) groups excluding carboxylic acids is 1. The lowest BCUT2D eigenvalue weighted by atomic mass is 9.87. The van der Waals surface area contributed by atoms with Gasteiger partial charge in [-0.25, -0.2) is 0 Å². The highest BCUT2D eigenvalue weighted by molar-refractivity contribution is 9.10. The second-order valence-corrected chi connectivity index (χ2v) is 6.21. The number of benzene rings is 2. The molecule has 1 amide bonds. The van der Waals surface area contributed by atoms with Gasteiger partial charge in [0.2, 0.25) is 0 Å². The van der Waals surface area contributed by atoms with Crippen molar-refractivity contribution in [2.75, 3.05) is 5.73 Å². The summed E-state index contributed by atoms with van der Waals surface area (Å²) in [5, 5.41) is 3.14. The highest BCUT2D eigenvalue weighted by Crippen LogP contribution is 2.31. The van der Waals surface area contributed by atoms with Crippen molar-refractivity contribution in [2.24, 2.45) is 0 Å². The molecule has 0 aliphatic heterocycles. The fourth-order valence-corrected chi connectivity index (χ4v) is 3.33. The van der Waals surface area contributed by atoms with Gasteiger partial charge >= 0.3 is 0 Å². The molecule has 3 rings (SSSR count). The summed E-state index contributed by atoms with van der Waals surface area (Å²) in [6, 6.07) is 13.5. The van der Waals surface area contributed by atoms with Crippen molar-refractivity contribution < 1.29 is 4.79 Å². The van der Waals surface area contributed by atoms with E-state index in [1.54, 1.807) is 0 Å². The number of rotatable bonds is 2. The Balaban J connectivity index is 1.84. The maximum atomic E-state index is 12.4. The number of halogens is 1. The Bertz CT molecular complexity index is 684. The second kappa shape index (κ2) is 5.90. The van der Waals surface area contributed by atoms with Gasteiger partial charge in [-0.15, -0.1) is 0 Å². The van der Waals surface area contributed by atoms with Crippen molar-refractivity contribution >= 4 is 27.5 Å². The molecule has 0 spiro atoms. The fraction of sp³-hybridized carbons (Fsp3) is 0.235. The van der Waals surface area contributed by atoms with Gasteiger partial charge in [0.05, 0.1) is 11.6 Å². The van der Waals surface area contributed by atoms with Crippen LogP contribution in [0.2, 0.25) is 0 Å². The van der Waals surface area contributed by atoms with Crippen molar-refractivity contribution in [2.45, 2.75) is 25.3 Å². The number of fused-ring (bicyclic) bond motifs is 1. The molecule has 4 heteroatoms. The first-order chi connectivity index (χ1) is 10.1. The van der Waals surface area contributed by atoms with Crippen LogP contribution >= 0.6 is 15.9 Å². The van der Waals surface area contributed by atoms with Crippen LogP contribution in [0, 0.1) is 0 Å². The molecule has 0 heterocycles. The molecule has 0 fully saturated rings. The van der Waals surface area contributed by atoms with Crippen molar-refractivity contribution in [3.63, 3.8) is 0 Å². The topological polar surface area (TPSA) is 55.1 Å². The van der Waals surface area contributed by atoms with Gasteiger partial charge in [-0.05, 0) is 70.6 Å². The third-order valence-electron chi connectivity index (χ3n) is 3.91. The first-order valence-electron chi connectivity index (χ1n) is 7.09. The minimum Gasteiger partial charge on any atom is -0.399 e. The molecule has 0 saturated carbocycles. The molecule has 3 nitrogen and oxygen atoms in total. The first-order valence-corrected chi connectivity index (χ1v) is 7.88. The van der Waals surface area contributed by atoms with Crippen LogP contribution in [-0.4, -0.2) is 5.91 Å². The lowest BCUT2D eigenvalue weighted by molar-refractivity contribution is 0.0932. The van der Waals surface area contributed by atoms with Gasteiger partial charge in [-0.3, -0.25) is 4.79 Å². The molecule has 0 saturated heterocycles. The summed E-state index contributed by atoms with van der Waals surface area (Å²) in [5.74, 6) is -0.0443. The number of carbonyl (C=O) groups is 1. The van der Waals surface area contributed by atoms with Gasteiger partial charge in [-0.1, -0.05) is 18.2 Å². The Labute approximate surface area is 132 Å². The van der Waals surface area contributed by atoms with Gasteiger partial charge in [-0.2, -0.15) is 0 Å². The van der Waals surface area contributed by atoms with Crippen molar-refractivity contribution in [3.05, 3.63) is 63.6 Å². The normalized spacial score (nSPS) is 17.1. The molecule has 1 aliphatic carbocycles. The molecule has 3 N–H and O–H groups in total. The standard InChI is InChI=1S/C17H17BrN2O/c18-15-6-2-1-5-14(15)17(21)20-16-7-3-4-11-10-12(19)8-9-13(11)16/h1-2,5-6,8-10,16H,3-4,7,19H2,(H,20,21). The number of nitrogens with one attached hydrogen (secondary N) is 1. The van der Waals surface area contributed by atoms with E-state index in [9.17, 15) is 4.79 Å². The van der Waals surface area contributed by atoms with Gasteiger partial charge < -0.3 is 11.1 Å². The molecule has 21 heavy (non-hydrogen) atoms. The average molecular weight is 345 g/mol. The summed E-state index contributed by atoms with van der Waals surface area (Å²) in [4.78, 5) is 12.4. The number of hydrogen-bond acceptors (Lipinski definition) is 2. The van der Waals surface area contributed by atoms with Gasteiger partial charge in [0.15, 0.2) is 0 Å². The predicted octanol–water partition coefficient (Wildman–Crippen LogP) is 3.84. The summed E-state index contributed by atoms with van der Waals surface area (Å²) in [7, 11) is 0. The smallest absolute Gasteiger partial charge is 0.252 e. The van der Waals surface area contributed by atoms with Crippen LogP contribution in [-0.2, 0) is 6.42 Å². The van der Waals surface area contributed by atoms with E-state index in [-0.39, 0.29) is 11.9 Å². The molecule has 2 aromatic carbocycles. The molecule has 0 bridgehead atoms. The van der Waals surface area contributed by atoms with Crippen LogP contribution in [0.25, 0.3) is 0 Å². The van der Waals surface area contributed by atoms with E-state index >= 15 is 0 Å². The molecule has 1 atom stereocenters. The number of hydrogen-bond donors (Lipinski definition) is 2. The van der Waals surface area contributed by atoms with E-state index in [4.69, 9.17) is 5.73 Å². The van der Waals surface area contributed by atoms with Gasteiger partial charge in [0.25, 0.3) is 5.91 Å². The zero-order valence-electron chi connectivity index (χ0n) is 11.6. The van der Waals surface area contributed by atoms with Crippen LogP contribution in [0.5, 0.6) is 0 Å². The molecule has 108 valence electrons. The van der Waals surface area contributed by atoms with Crippen molar-refractivity contribution in [3.8, 4) is 0 Å². The minimum atomic E-state index is -0.0443. The predicted molar refractivity (Wildman–Crippen MR) is 88.1 cm³/mol. The van der Waals surface area contributed by atoms with E-state index in [0.717, 1.165) is 29.4 Å². The Morgan fingerprint density at radius 2 is 2.05 bits per heavy atom. The van der Waals surface area contributed by atoms with Crippen molar-refractivity contribution in [1.29, 1.82) is 0 Å². The molecular formula is C17H17BrN2O. The van der Waals surface area contributed by atoms with Gasteiger partial charge in [0.1, 0.15) is 0 Å². The van der Waals surface area contributed by atoms with E-state index in [2.05, 4.69) is 21.2 Å². The Kier molecular flexibility index (Phi) is 3.97. The summed E-state index contributed by atoms with van der Waals surface area (Å²) in [5.41, 5.74) is 9.74. The Morgan fingerprint density at radius 3 is 2.86 bits per heavy atom. The minimum absolute atomic E-state index is 0.0443. The number of nitrogens with two attached hydrogens (primary N) is 1. The van der Waals surface area contributed by atoms with Crippen LogP contribution in [0.15, 0.2) is 46.9 Å². The zero-order chi connectivity index (χ0) is 14.8. The number of nitrogen functional groups attached to an aromatic ring is 1. The van der Waals surface area contributed by atoms with Crippen LogP contribution in [0.3, 0.4) is 0 Å². The molecule has 0 aromatic heterocycles. The number of amides is 1. The molecule has 2 aromatic rings. The quantitative estimate of drug-likeness (QED) is 0.813. The van der Waals surface area contributed by atoms with E-state index < -0.39 is 0 Å². The molecule has 1 unspecified atom stereocenters. The molecular weight excluding hydrogens is 328 g/mol. The van der Waals surface area contributed by atoms with Gasteiger partial charge in [0, 0.05) is 10.2 Å². The van der Waals surface area contributed by atoms with E-state index in [1.807, 2.05) is 42.5 Å². The lowest BCUT2D eigenvalue weighted by Gasteiger charge is -2.27. The highest BCUT2D eigenvalue weighted by Gasteiger charge is 2.22. The number of aryl methyl sites for hydroxylation is 1. The summed E-state index contributed by atoms with van der Waals surface area (Å²) in [6.07, 6.45) is 3.06. The molecule has 1 aliphatic rings. The van der Waals surface area contributed by atoms with E-state index in [1.165, 1.54) is 11.1 Å². The SMILES string of the molecule is Nc1ccc2c(c1)CCCC2NC(=O)c1ccccc1Br. The van der Waals surface area contributed by atoms with E-state index in [0.29, 0.717) is 5.56 Å². The van der Waals surface area contributed by atoms with Crippen LogP contribution in [0.4, 0.5) is 5.69 Å². The second-order valence-electron chi connectivity index (χ2n) is 5.36. The maximum absolute atomic E-state index is 12.4. The summed E-state index contributed by atoms with van der Waals surface area (Å²) >= 11 is 3.43. The van der Waals surface area contributed by atoms with Crippen LogP contribution < -0.4 is 11.1 Å². The summed E-state index contributed by atoms with van der Waals surface area (Å²) in [6.45, 7) is 0. The summed E-state index contributed by atoms with van der Waals surface area (Å²) < 4.78 is 0.816. The average Bonchev–Trinajstić information content (AvgIpc) is 2.47. The Hall–Kier alpha value is -1.81. The number of anilines is 1. The third-order valence-corrected chi connectivity index (χ3v) is 4.60. The monoisotopic (exact) mass is 344 g/mol.